The number of halogens is 3. The van der Waals surface area contributed by atoms with Gasteiger partial charge >= 0.3 is 6.18 Å². The molecule has 1 saturated heterocycles. The fraction of sp³-hybridized carbons (Fsp3) is 0.485. The van der Waals surface area contributed by atoms with Gasteiger partial charge in [-0.2, -0.15) is 13.2 Å². The van der Waals surface area contributed by atoms with Crippen LogP contribution in [-0.4, -0.2) is 45.2 Å². The number of rotatable bonds is 7. The second kappa shape index (κ2) is 10.9. The predicted octanol–water partition coefficient (Wildman–Crippen LogP) is 7.47. The lowest BCUT2D eigenvalue weighted by atomic mass is 9.72. The third-order valence-corrected chi connectivity index (χ3v) is 9.15. The number of aryl methyl sites for hydroxylation is 2. The van der Waals surface area contributed by atoms with Gasteiger partial charge in [0.15, 0.2) is 0 Å². The van der Waals surface area contributed by atoms with Crippen LogP contribution in [0.4, 0.5) is 18.9 Å². The van der Waals surface area contributed by atoms with Crippen molar-refractivity contribution in [2.24, 2.45) is 18.9 Å². The lowest BCUT2D eigenvalue weighted by Crippen LogP contribution is -2.36. The Hall–Kier alpha value is -3.26. The molecule has 0 bridgehead atoms. The zero-order chi connectivity index (χ0) is 28.9. The average Bonchev–Trinajstić information content (AvgIpc) is 3.44. The van der Waals surface area contributed by atoms with Gasteiger partial charge in [0.05, 0.1) is 17.0 Å². The maximum Gasteiger partial charge on any atom is 0.418 e. The number of benzene rings is 1. The Labute approximate surface area is 241 Å². The Morgan fingerprint density at radius 2 is 1.90 bits per heavy atom. The van der Waals surface area contributed by atoms with Crippen LogP contribution in [0.3, 0.4) is 0 Å². The number of nitrogens with zero attached hydrogens (tertiary/aromatic N) is 5. The molecule has 2 aromatic rings. The summed E-state index contributed by atoms with van der Waals surface area (Å²) in [4.78, 5) is 10.7. The summed E-state index contributed by atoms with van der Waals surface area (Å²) in [6, 6.07) is 8.20. The summed E-state index contributed by atoms with van der Waals surface area (Å²) in [5.74, 6) is 2.76. The highest BCUT2D eigenvalue weighted by atomic mass is 19.4. The molecule has 6 rings (SSSR count). The molecule has 5 nitrogen and oxygen atoms in total. The van der Waals surface area contributed by atoms with Crippen LogP contribution < -0.4 is 4.90 Å². The second-order valence-corrected chi connectivity index (χ2v) is 12.2. The molecule has 0 N–H and O–H groups in total. The number of hydrogen-bond acceptors (Lipinski definition) is 4. The minimum Gasteiger partial charge on any atom is -0.337 e. The lowest BCUT2D eigenvalue weighted by molar-refractivity contribution is -0.0909. The Morgan fingerprint density at radius 1 is 1.10 bits per heavy atom. The van der Waals surface area contributed by atoms with Gasteiger partial charge in [0, 0.05) is 50.3 Å². The van der Waals surface area contributed by atoms with Gasteiger partial charge in [-0.25, -0.2) is 4.98 Å². The molecule has 1 saturated carbocycles. The van der Waals surface area contributed by atoms with Gasteiger partial charge in [-0.3, -0.25) is 4.90 Å². The van der Waals surface area contributed by atoms with Crippen LogP contribution in [0.25, 0.3) is 0 Å². The second-order valence-electron chi connectivity index (χ2n) is 12.2. The Morgan fingerprint density at radius 3 is 2.56 bits per heavy atom. The van der Waals surface area contributed by atoms with Crippen molar-refractivity contribution < 1.29 is 13.2 Å². The number of allylic oxidation sites excluding steroid dienone is 1. The maximum atomic E-state index is 14.4. The summed E-state index contributed by atoms with van der Waals surface area (Å²) >= 11 is 0. The number of alkyl halides is 3. The SMILES string of the molecule is C=C1N2C=C(CN3CCC[C@H](C)C3)C=C(C(F)(F)F)C2=CN1c1cccc(C(c2nc(CC)cn2C)C2CCC2)c1. The molecule has 8 heteroatoms. The van der Waals surface area contributed by atoms with Gasteiger partial charge in [-0.05, 0) is 79.8 Å². The number of piperidine rings is 1. The highest BCUT2D eigenvalue weighted by molar-refractivity contribution is 5.64. The van der Waals surface area contributed by atoms with Crippen molar-refractivity contribution in [3.05, 3.63) is 95.3 Å². The Balaban J connectivity index is 1.32. The van der Waals surface area contributed by atoms with E-state index in [1.165, 1.54) is 18.9 Å². The summed E-state index contributed by atoms with van der Waals surface area (Å²) in [7, 11) is 2.06. The Bertz CT molecular complexity index is 1410. The maximum absolute atomic E-state index is 14.4. The summed E-state index contributed by atoms with van der Waals surface area (Å²) in [5.41, 5.74) is 3.19. The third-order valence-electron chi connectivity index (χ3n) is 9.15. The van der Waals surface area contributed by atoms with Crippen LogP contribution in [-0.2, 0) is 13.5 Å². The molecular formula is C33H40F3N5. The van der Waals surface area contributed by atoms with Crippen molar-refractivity contribution in [3.63, 3.8) is 0 Å². The average molecular weight is 564 g/mol. The van der Waals surface area contributed by atoms with Crippen molar-refractivity contribution in [1.29, 1.82) is 0 Å². The molecule has 3 aliphatic heterocycles. The quantitative estimate of drug-likeness (QED) is 0.349. The predicted molar refractivity (Wildman–Crippen MR) is 157 cm³/mol. The van der Waals surface area contributed by atoms with E-state index in [9.17, 15) is 13.2 Å². The van der Waals surface area contributed by atoms with Crippen LogP contribution in [0.5, 0.6) is 0 Å². The molecule has 0 amide bonds. The number of likely N-dealkylation sites (tertiary alicyclic amines) is 1. The molecule has 0 radical (unpaired) electrons. The first-order valence-electron chi connectivity index (χ1n) is 15.0. The summed E-state index contributed by atoms with van der Waals surface area (Å²) in [5, 5.41) is 0. The zero-order valence-electron chi connectivity index (χ0n) is 24.3. The molecule has 218 valence electrons. The van der Waals surface area contributed by atoms with E-state index >= 15 is 0 Å². The largest absolute Gasteiger partial charge is 0.418 e. The van der Waals surface area contributed by atoms with Crippen LogP contribution >= 0.6 is 0 Å². The number of anilines is 1. The molecule has 0 spiro atoms. The van der Waals surface area contributed by atoms with Crippen molar-refractivity contribution in [3.8, 4) is 0 Å². The highest BCUT2D eigenvalue weighted by Gasteiger charge is 2.43. The third kappa shape index (κ3) is 5.39. The van der Waals surface area contributed by atoms with E-state index < -0.39 is 11.7 Å². The van der Waals surface area contributed by atoms with Crippen molar-refractivity contribution in [2.45, 2.75) is 64.5 Å². The molecule has 1 aromatic heterocycles. The monoisotopic (exact) mass is 563 g/mol. The first kappa shape index (κ1) is 27.9. The van der Waals surface area contributed by atoms with E-state index in [0.717, 1.165) is 61.5 Å². The number of imidazole rings is 1. The van der Waals surface area contributed by atoms with Gasteiger partial charge in [0.2, 0.25) is 0 Å². The summed E-state index contributed by atoms with van der Waals surface area (Å²) < 4.78 is 45.3. The fourth-order valence-electron chi connectivity index (χ4n) is 6.82. The lowest BCUT2D eigenvalue weighted by Gasteiger charge is -2.34. The molecule has 4 heterocycles. The van der Waals surface area contributed by atoms with Crippen LogP contribution in [0, 0.1) is 11.8 Å². The van der Waals surface area contributed by atoms with Gasteiger partial charge in [-0.15, -0.1) is 0 Å². The van der Waals surface area contributed by atoms with Crippen molar-refractivity contribution in [2.75, 3.05) is 24.5 Å². The molecule has 1 aliphatic carbocycles. The van der Waals surface area contributed by atoms with Crippen LogP contribution in [0.2, 0.25) is 0 Å². The molecule has 2 fully saturated rings. The van der Waals surface area contributed by atoms with E-state index in [1.54, 1.807) is 16.0 Å². The zero-order valence-corrected chi connectivity index (χ0v) is 24.3. The first-order chi connectivity index (χ1) is 19.6. The standard InChI is InChI=1S/C33H40F3N5/c1-5-27-20-38(4)32(37-27)31(25-10-6-11-25)26-12-7-13-28(16-26)40-21-30-29(33(34,35)36)15-24(19-41(30)23(40)3)18-39-14-8-9-22(2)17-39/h7,12-13,15-16,19-22,25,31H,3,5-6,8-11,14,17-18H2,1-2,4H3/t22-,31?/m0/s1. The van der Waals surface area contributed by atoms with E-state index in [4.69, 9.17) is 4.98 Å². The van der Waals surface area contributed by atoms with Crippen molar-refractivity contribution in [1.82, 2.24) is 19.4 Å². The normalized spacial score (nSPS) is 22.7. The van der Waals surface area contributed by atoms with Crippen molar-refractivity contribution >= 4 is 5.69 Å². The molecule has 1 aromatic carbocycles. The van der Waals surface area contributed by atoms with E-state index in [2.05, 4.69) is 55.3 Å². The van der Waals surface area contributed by atoms with E-state index in [1.807, 2.05) is 18.3 Å². The molecule has 4 aliphatic rings. The fourth-order valence-corrected chi connectivity index (χ4v) is 6.82. The van der Waals surface area contributed by atoms with Crippen LogP contribution in [0.15, 0.2) is 78.2 Å². The van der Waals surface area contributed by atoms with Gasteiger partial charge in [0.25, 0.3) is 0 Å². The molecule has 1 unspecified atom stereocenters. The minimum absolute atomic E-state index is 0.121. The minimum atomic E-state index is -4.47. The number of hydrogen-bond donors (Lipinski definition) is 0. The Kier molecular flexibility index (Phi) is 7.39. The van der Waals surface area contributed by atoms with Gasteiger partial charge in [-0.1, -0.05) is 39.0 Å². The summed E-state index contributed by atoms with van der Waals surface area (Å²) in [6.07, 6.45) is 9.04. The molecular weight excluding hydrogens is 523 g/mol. The van der Waals surface area contributed by atoms with Gasteiger partial charge in [0.1, 0.15) is 11.6 Å². The topological polar surface area (TPSA) is 27.5 Å². The van der Waals surface area contributed by atoms with E-state index in [0.29, 0.717) is 29.8 Å². The molecule has 41 heavy (non-hydrogen) atoms. The summed E-state index contributed by atoms with van der Waals surface area (Å²) in [6.45, 7) is 10.9. The van der Waals surface area contributed by atoms with Gasteiger partial charge < -0.3 is 14.4 Å². The first-order valence-corrected chi connectivity index (χ1v) is 15.0. The number of fused-ring (bicyclic) bond motifs is 1. The van der Waals surface area contributed by atoms with Crippen LogP contribution in [0.1, 0.15) is 69.0 Å². The van der Waals surface area contributed by atoms with E-state index in [-0.39, 0.29) is 11.6 Å². The number of aromatic nitrogens is 2. The smallest absolute Gasteiger partial charge is 0.337 e. The molecule has 2 atom stereocenters. The highest BCUT2D eigenvalue weighted by Crippen LogP contribution is 2.46.